The van der Waals surface area contributed by atoms with Crippen molar-refractivity contribution in [2.45, 2.75) is 31.6 Å². The fraction of sp³-hybridized carbons (Fsp3) is 0.192. The van der Waals surface area contributed by atoms with E-state index >= 15 is 0 Å². The zero-order chi connectivity index (χ0) is 18.5. The molecule has 1 aliphatic rings. The summed E-state index contributed by atoms with van der Waals surface area (Å²) in [5.74, 6) is 0.682. The number of fused-ring (bicyclic) bond motifs is 4. The van der Waals surface area contributed by atoms with Gasteiger partial charge in [-0.15, -0.1) is 0 Å². The maximum absolute atomic E-state index is 6.37. The first-order valence-electron chi connectivity index (χ1n) is 10.2. The summed E-state index contributed by atoms with van der Waals surface area (Å²) in [4.78, 5) is 4.70. The average molecular weight is 363 g/mol. The molecule has 2 heteroatoms. The van der Waals surface area contributed by atoms with E-state index in [1.165, 1.54) is 47.4 Å². The van der Waals surface area contributed by atoms with Gasteiger partial charge in [0.1, 0.15) is 11.2 Å². The lowest BCUT2D eigenvalue weighted by Gasteiger charge is -2.11. The molecule has 2 aromatic heterocycles. The van der Waals surface area contributed by atoms with Crippen molar-refractivity contribution >= 4 is 32.7 Å². The van der Waals surface area contributed by atoms with Crippen LogP contribution in [0.15, 0.2) is 77.3 Å². The Morgan fingerprint density at radius 1 is 0.786 bits per heavy atom. The number of furan rings is 1. The average Bonchev–Trinajstić information content (AvgIpc) is 3.40. The summed E-state index contributed by atoms with van der Waals surface area (Å²) in [5, 5.41) is 4.77. The molecule has 136 valence electrons. The van der Waals surface area contributed by atoms with Gasteiger partial charge < -0.3 is 4.42 Å². The number of rotatable bonds is 2. The molecule has 6 rings (SSSR count). The molecule has 5 aromatic rings. The zero-order valence-corrected chi connectivity index (χ0v) is 15.7. The molecule has 28 heavy (non-hydrogen) atoms. The fourth-order valence-corrected chi connectivity index (χ4v) is 4.79. The van der Waals surface area contributed by atoms with Gasteiger partial charge in [0.05, 0.1) is 5.69 Å². The molecule has 0 bridgehead atoms. The highest BCUT2D eigenvalue weighted by atomic mass is 16.3. The Balaban J connectivity index is 1.57. The smallest absolute Gasteiger partial charge is 0.144 e. The molecular formula is C26H21NO. The predicted molar refractivity (Wildman–Crippen MR) is 116 cm³/mol. The third-order valence-corrected chi connectivity index (χ3v) is 6.25. The Morgan fingerprint density at radius 2 is 1.61 bits per heavy atom. The molecule has 1 fully saturated rings. The molecule has 3 aromatic carbocycles. The number of hydrogen-bond acceptors (Lipinski definition) is 2. The number of benzene rings is 3. The van der Waals surface area contributed by atoms with Crippen molar-refractivity contribution in [1.29, 1.82) is 0 Å². The molecule has 0 amide bonds. The predicted octanol–water partition coefficient (Wildman–Crippen LogP) is 7.46. The van der Waals surface area contributed by atoms with Crippen LogP contribution in [0.5, 0.6) is 0 Å². The number of hydrogen-bond donors (Lipinski definition) is 0. The van der Waals surface area contributed by atoms with E-state index in [1.807, 2.05) is 6.20 Å². The molecular weight excluding hydrogens is 342 g/mol. The maximum atomic E-state index is 6.37. The van der Waals surface area contributed by atoms with E-state index in [4.69, 9.17) is 9.40 Å². The van der Waals surface area contributed by atoms with Crippen LogP contribution in [0.25, 0.3) is 44.0 Å². The molecule has 0 spiro atoms. The Hall–Kier alpha value is -3.13. The maximum Gasteiger partial charge on any atom is 0.144 e. The lowest BCUT2D eigenvalue weighted by atomic mass is 9.96. The second-order valence-corrected chi connectivity index (χ2v) is 7.94. The summed E-state index contributed by atoms with van der Waals surface area (Å²) >= 11 is 0. The molecule has 2 nitrogen and oxygen atoms in total. The summed E-state index contributed by atoms with van der Waals surface area (Å²) in [5.41, 5.74) is 5.38. The monoisotopic (exact) mass is 363 g/mol. The third-order valence-electron chi connectivity index (χ3n) is 6.25. The van der Waals surface area contributed by atoms with Crippen LogP contribution in [0.3, 0.4) is 0 Å². The number of nitrogens with zero attached hydrogens (tertiary/aromatic N) is 1. The van der Waals surface area contributed by atoms with Crippen molar-refractivity contribution in [3.8, 4) is 11.3 Å². The van der Waals surface area contributed by atoms with Crippen molar-refractivity contribution in [1.82, 2.24) is 4.98 Å². The van der Waals surface area contributed by atoms with Crippen LogP contribution < -0.4 is 0 Å². The van der Waals surface area contributed by atoms with Gasteiger partial charge in [-0.1, -0.05) is 49.2 Å². The number of aromatic nitrogens is 1. The minimum absolute atomic E-state index is 0.682. The van der Waals surface area contributed by atoms with E-state index in [9.17, 15) is 0 Å². The van der Waals surface area contributed by atoms with Crippen LogP contribution in [0, 0.1) is 0 Å². The molecule has 1 aliphatic carbocycles. The van der Waals surface area contributed by atoms with E-state index < -0.39 is 0 Å². The molecule has 0 unspecified atom stereocenters. The van der Waals surface area contributed by atoms with Crippen molar-refractivity contribution in [3.05, 3.63) is 78.5 Å². The molecule has 0 atom stereocenters. The fourth-order valence-electron chi connectivity index (χ4n) is 4.79. The van der Waals surface area contributed by atoms with Gasteiger partial charge in [0.15, 0.2) is 0 Å². The summed E-state index contributed by atoms with van der Waals surface area (Å²) < 4.78 is 6.37. The normalized spacial score (nSPS) is 15.1. The molecule has 1 saturated carbocycles. The van der Waals surface area contributed by atoms with Crippen LogP contribution in [0.4, 0.5) is 0 Å². The van der Waals surface area contributed by atoms with Gasteiger partial charge in [-0.05, 0) is 65.4 Å². The van der Waals surface area contributed by atoms with Crippen LogP contribution >= 0.6 is 0 Å². The van der Waals surface area contributed by atoms with Gasteiger partial charge in [-0.2, -0.15) is 0 Å². The van der Waals surface area contributed by atoms with Gasteiger partial charge in [0, 0.05) is 22.5 Å². The first-order valence-corrected chi connectivity index (χ1v) is 10.2. The minimum Gasteiger partial charge on any atom is -0.455 e. The first kappa shape index (κ1) is 15.9. The topological polar surface area (TPSA) is 26.0 Å². The van der Waals surface area contributed by atoms with Crippen molar-refractivity contribution in [2.24, 2.45) is 0 Å². The van der Waals surface area contributed by atoms with Gasteiger partial charge in [-0.25, -0.2) is 0 Å². The van der Waals surface area contributed by atoms with Gasteiger partial charge >= 0.3 is 0 Å². The van der Waals surface area contributed by atoms with Crippen LogP contribution in [0.1, 0.15) is 37.2 Å². The zero-order valence-electron chi connectivity index (χ0n) is 15.7. The van der Waals surface area contributed by atoms with E-state index in [2.05, 4.69) is 66.7 Å². The Morgan fingerprint density at radius 3 is 2.46 bits per heavy atom. The molecule has 0 saturated heterocycles. The summed E-state index contributed by atoms with van der Waals surface area (Å²) in [7, 11) is 0. The lowest BCUT2D eigenvalue weighted by Crippen LogP contribution is -1.94. The summed E-state index contributed by atoms with van der Waals surface area (Å²) in [6.07, 6.45) is 7.23. The Labute approximate surface area is 163 Å². The second-order valence-electron chi connectivity index (χ2n) is 7.94. The van der Waals surface area contributed by atoms with E-state index in [1.54, 1.807) is 0 Å². The Bertz CT molecular complexity index is 1320. The van der Waals surface area contributed by atoms with Gasteiger partial charge in [-0.3, -0.25) is 4.98 Å². The van der Waals surface area contributed by atoms with Gasteiger partial charge in [0.2, 0.25) is 0 Å². The summed E-state index contributed by atoms with van der Waals surface area (Å²) in [6, 6.07) is 23.7. The largest absolute Gasteiger partial charge is 0.455 e. The molecule has 0 radical (unpaired) electrons. The standard InChI is InChI=1S/C26H21NO/c1-2-7-17(6-1)20-12-13-27-24(15-20)22-11-5-10-21-23-14-18-8-3-4-9-19(18)16-25(23)28-26(21)22/h3-5,8-17H,1-2,6-7H2. The quantitative estimate of drug-likeness (QED) is 0.325. The van der Waals surface area contributed by atoms with Gasteiger partial charge in [0.25, 0.3) is 0 Å². The van der Waals surface area contributed by atoms with E-state index in [0.717, 1.165) is 27.8 Å². The minimum atomic E-state index is 0.682. The van der Waals surface area contributed by atoms with Crippen molar-refractivity contribution < 1.29 is 4.42 Å². The summed E-state index contributed by atoms with van der Waals surface area (Å²) in [6.45, 7) is 0. The third kappa shape index (κ3) is 2.45. The SMILES string of the molecule is c1ccc2cc3c(cc2c1)oc1c(-c2cc(C4CCCC4)ccn2)cccc13. The molecule has 0 N–H and O–H groups in total. The van der Waals surface area contributed by atoms with Crippen LogP contribution in [-0.4, -0.2) is 4.98 Å². The number of pyridine rings is 1. The van der Waals surface area contributed by atoms with Crippen LogP contribution in [-0.2, 0) is 0 Å². The van der Waals surface area contributed by atoms with Crippen molar-refractivity contribution in [2.75, 3.05) is 0 Å². The highest BCUT2D eigenvalue weighted by molar-refractivity contribution is 6.13. The van der Waals surface area contributed by atoms with E-state index in [-0.39, 0.29) is 0 Å². The highest BCUT2D eigenvalue weighted by Crippen LogP contribution is 2.39. The van der Waals surface area contributed by atoms with Crippen molar-refractivity contribution in [3.63, 3.8) is 0 Å². The van der Waals surface area contributed by atoms with Crippen LogP contribution in [0.2, 0.25) is 0 Å². The number of para-hydroxylation sites is 1. The molecule has 0 aliphatic heterocycles. The lowest BCUT2D eigenvalue weighted by molar-refractivity contribution is 0.670. The molecule has 2 heterocycles. The first-order chi connectivity index (χ1) is 13.9. The van der Waals surface area contributed by atoms with E-state index in [0.29, 0.717) is 5.92 Å². The Kier molecular flexibility index (Phi) is 3.52. The second kappa shape index (κ2) is 6.20. The highest BCUT2D eigenvalue weighted by Gasteiger charge is 2.19.